The summed E-state index contributed by atoms with van der Waals surface area (Å²) < 4.78 is 2.03. The summed E-state index contributed by atoms with van der Waals surface area (Å²) in [7, 11) is 0. The van der Waals surface area contributed by atoms with Crippen LogP contribution in [0.5, 0.6) is 0 Å². The van der Waals surface area contributed by atoms with Gasteiger partial charge in [0.05, 0.1) is 0 Å². The first-order valence-electron chi connectivity index (χ1n) is 8.01. The van der Waals surface area contributed by atoms with Crippen molar-refractivity contribution in [1.82, 2.24) is 24.6 Å². The molecule has 0 bridgehead atoms. The molecule has 0 aliphatic heterocycles. The zero-order chi connectivity index (χ0) is 16.2. The SMILES string of the molecule is Cc1nc(NCCCc2nnc3ccccn23)cc(C(C)C)n1. The van der Waals surface area contributed by atoms with Gasteiger partial charge in [-0.05, 0) is 31.4 Å². The summed E-state index contributed by atoms with van der Waals surface area (Å²) in [5.74, 6) is 3.10. The molecule has 0 aliphatic carbocycles. The quantitative estimate of drug-likeness (QED) is 0.709. The molecule has 3 aromatic rings. The molecule has 1 N–H and O–H groups in total. The van der Waals surface area contributed by atoms with E-state index in [9.17, 15) is 0 Å². The molecule has 0 unspecified atom stereocenters. The smallest absolute Gasteiger partial charge is 0.160 e. The van der Waals surface area contributed by atoms with E-state index in [2.05, 4.69) is 39.3 Å². The number of aryl methyl sites for hydroxylation is 2. The average Bonchev–Trinajstić information content (AvgIpc) is 2.94. The number of fused-ring (bicyclic) bond motifs is 1. The molecule has 6 nitrogen and oxygen atoms in total. The molecule has 0 radical (unpaired) electrons. The van der Waals surface area contributed by atoms with Crippen LogP contribution in [0.4, 0.5) is 5.82 Å². The van der Waals surface area contributed by atoms with Gasteiger partial charge in [0.15, 0.2) is 5.65 Å². The number of anilines is 1. The highest BCUT2D eigenvalue weighted by atomic mass is 15.2. The van der Waals surface area contributed by atoms with E-state index < -0.39 is 0 Å². The Balaban J connectivity index is 1.58. The van der Waals surface area contributed by atoms with E-state index in [1.165, 1.54) is 0 Å². The first-order chi connectivity index (χ1) is 11.1. The number of nitrogens with zero attached hydrogens (tertiary/aromatic N) is 5. The number of hydrogen-bond donors (Lipinski definition) is 1. The van der Waals surface area contributed by atoms with Crippen LogP contribution in [0.1, 0.15) is 43.5 Å². The van der Waals surface area contributed by atoms with E-state index in [4.69, 9.17) is 0 Å². The van der Waals surface area contributed by atoms with E-state index in [-0.39, 0.29) is 0 Å². The molecule has 0 atom stereocenters. The Bertz CT molecular complexity index is 793. The van der Waals surface area contributed by atoms with Gasteiger partial charge in [-0.3, -0.25) is 4.40 Å². The van der Waals surface area contributed by atoms with E-state index in [1.807, 2.05) is 41.8 Å². The standard InChI is InChI=1S/C17H22N6/c1-12(2)14-11-15(20-13(3)19-14)18-9-6-8-17-22-21-16-7-4-5-10-23(16)17/h4-5,7,10-12H,6,8-9H2,1-3H3,(H,18,19,20). The first-order valence-corrected chi connectivity index (χ1v) is 8.01. The second kappa shape index (κ2) is 6.73. The third kappa shape index (κ3) is 3.64. The number of nitrogens with one attached hydrogen (secondary N) is 1. The third-order valence-electron chi connectivity index (χ3n) is 3.72. The van der Waals surface area contributed by atoms with Crippen molar-refractivity contribution in [3.63, 3.8) is 0 Å². The van der Waals surface area contributed by atoms with E-state index >= 15 is 0 Å². The van der Waals surface area contributed by atoms with Crippen LogP contribution in [0.3, 0.4) is 0 Å². The maximum absolute atomic E-state index is 4.46. The van der Waals surface area contributed by atoms with Crippen LogP contribution >= 0.6 is 0 Å². The van der Waals surface area contributed by atoms with Crippen molar-refractivity contribution in [3.8, 4) is 0 Å². The van der Waals surface area contributed by atoms with Gasteiger partial charge in [0, 0.05) is 30.9 Å². The molecular formula is C17H22N6. The highest BCUT2D eigenvalue weighted by molar-refractivity contribution is 5.38. The lowest BCUT2D eigenvalue weighted by Gasteiger charge is -2.10. The monoisotopic (exact) mass is 310 g/mol. The summed E-state index contributed by atoms with van der Waals surface area (Å²) in [4.78, 5) is 8.91. The Kier molecular flexibility index (Phi) is 4.50. The Morgan fingerprint density at radius 2 is 2.04 bits per heavy atom. The van der Waals surface area contributed by atoms with Gasteiger partial charge in [0.25, 0.3) is 0 Å². The zero-order valence-corrected chi connectivity index (χ0v) is 13.8. The fourth-order valence-corrected chi connectivity index (χ4v) is 2.50. The fourth-order valence-electron chi connectivity index (χ4n) is 2.50. The summed E-state index contributed by atoms with van der Waals surface area (Å²) in [5, 5.41) is 11.8. The zero-order valence-electron chi connectivity index (χ0n) is 13.8. The Labute approximate surface area is 136 Å². The second-order valence-corrected chi connectivity index (χ2v) is 5.96. The van der Waals surface area contributed by atoms with Gasteiger partial charge >= 0.3 is 0 Å². The fraction of sp³-hybridized carbons (Fsp3) is 0.412. The topological polar surface area (TPSA) is 68.0 Å². The minimum absolute atomic E-state index is 0.402. The molecule has 0 saturated carbocycles. The highest BCUT2D eigenvalue weighted by Crippen LogP contribution is 2.15. The lowest BCUT2D eigenvalue weighted by atomic mass is 10.1. The summed E-state index contributed by atoms with van der Waals surface area (Å²) >= 11 is 0. The lowest BCUT2D eigenvalue weighted by molar-refractivity contribution is 0.778. The van der Waals surface area contributed by atoms with Gasteiger partial charge in [0.2, 0.25) is 0 Å². The van der Waals surface area contributed by atoms with Crippen LogP contribution in [-0.4, -0.2) is 31.1 Å². The average molecular weight is 310 g/mol. The Morgan fingerprint density at radius 1 is 1.17 bits per heavy atom. The normalized spacial score (nSPS) is 11.3. The molecular weight excluding hydrogens is 288 g/mol. The maximum Gasteiger partial charge on any atom is 0.160 e. The van der Waals surface area contributed by atoms with Gasteiger partial charge < -0.3 is 5.32 Å². The lowest BCUT2D eigenvalue weighted by Crippen LogP contribution is -2.08. The highest BCUT2D eigenvalue weighted by Gasteiger charge is 2.06. The summed E-state index contributed by atoms with van der Waals surface area (Å²) in [6.45, 7) is 7.05. The van der Waals surface area contributed by atoms with Crippen LogP contribution < -0.4 is 5.32 Å². The number of aromatic nitrogens is 5. The van der Waals surface area contributed by atoms with Crippen molar-refractivity contribution in [2.24, 2.45) is 0 Å². The van der Waals surface area contributed by atoms with Crippen LogP contribution in [0.15, 0.2) is 30.5 Å². The minimum atomic E-state index is 0.402. The van der Waals surface area contributed by atoms with Gasteiger partial charge in [0.1, 0.15) is 17.5 Å². The molecule has 0 aromatic carbocycles. The second-order valence-electron chi connectivity index (χ2n) is 5.96. The maximum atomic E-state index is 4.46. The van der Waals surface area contributed by atoms with Gasteiger partial charge in [-0.1, -0.05) is 19.9 Å². The molecule has 0 saturated heterocycles. The molecule has 3 rings (SSSR count). The Hall–Kier alpha value is -2.50. The molecule has 0 aliphatic rings. The van der Waals surface area contributed by atoms with E-state index in [0.717, 1.165) is 48.2 Å². The molecule has 6 heteroatoms. The summed E-state index contributed by atoms with van der Waals surface area (Å²) in [6.07, 6.45) is 3.84. The van der Waals surface area contributed by atoms with Crippen LogP contribution in [-0.2, 0) is 6.42 Å². The van der Waals surface area contributed by atoms with Gasteiger partial charge in [-0.25, -0.2) is 9.97 Å². The summed E-state index contributed by atoms with van der Waals surface area (Å²) in [6, 6.07) is 7.96. The molecule has 23 heavy (non-hydrogen) atoms. The Morgan fingerprint density at radius 3 is 2.87 bits per heavy atom. The predicted molar refractivity (Wildman–Crippen MR) is 90.7 cm³/mol. The predicted octanol–water partition coefficient (Wildman–Crippen LogP) is 3.00. The number of rotatable bonds is 6. The number of hydrogen-bond acceptors (Lipinski definition) is 5. The van der Waals surface area contributed by atoms with Crippen molar-refractivity contribution in [2.75, 3.05) is 11.9 Å². The van der Waals surface area contributed by atoms with Crippen LogP contribution in [0.2, 0.25) is 0 Å². The van der Waals surface area contributed by atoms with Crippen molar-refractivity contribution in [3.05, 3.63) is 47.8 Å². The van der Waals surface area contributed by atoms with Crippen molar-refractivity contribution >= 4 is 11.5 Å². The largest absolute Gasteiger partial charge is 0.370 e. The van der Waals surface area contributed by atoms with Gasteiger partial charge in [-0.15, -0.1) is 10.2 Å². The molecule has 0 fully saturated rings. The first kappa shape index (κ1) is 15.4. The van der Waals surface area contributed by atoms with Crippen LogP contribution in [0.25, 0.3) is 5.65 Å². The number of pyridine rings is 1. The molecule has 0 amide bonds. The van der Waals surface area contributed by atoms with E-state index in [1.54, 1.807) is 0 Å². The molecule has 3 heterocycles. The van der Waals surface area contributed by atoms with Crippen LogP contribution in [0, 0.1) is 6.92 Å². The van der Waals surface area contributed by atoms with Crippen molar-refractivity contribution < 1.29 is 0 Å². The summed E-state index contributed by atoms with van der Waals surface area (Å²) in [5.41, 5.74) is 1.96. The minimum Gasteiger partial charge on any atom is -0.370 e. The van der Waals surface area contributed by atoms with E-state index in [0.29, 0.717) is 5.92 Å². The molecule has 120 valence electrons. The van der Waals surface area contributed by atoms with Crippen molar-refractivity contribution in [1.29, 1.82) is 0 Å². The third-order valence-corrected chi connectivity index (χ3v) is 3.72. The molecule has 3 aromatic heterocycles. The van der Waals surface area contributed by atoms with Crippen molar-refractivity contribution in [2.45, 2.75) is 39.5 Å². The van der Waals surface area contributed by atoms with Gasteiger partial charge in [-0.2, -0.15) is 0 Å². The molecule has 0 spiro atoms.